The first-order chi connectivity index (χ1) is 14.2. The number of hydrogen-bond acceptors (Lipinski definition) is 13. The average Bonchev–Trinajstić information content (AvgIpc) is 3.21. The quantitative estimate of drug-likeness (QED) is 0.307. The number of carbonyl (C=O) groups excluding carboxylic acids is 3. The monoisotopic (exact) mass is 424 g/mol. The van der Waals surface area contributed by atoms with Crippen LogP contribution < -0.4 is 11.2 Å². The van der Waals surface area contributed by atoms with Crippen molar-refractivity contribution in [2.75, 3.05) is 17.8 Å². The zero-order chi connectivity index (χ0) is 22.0. The minimum Gasteiger partial charge on any atom is -0.463 e. The van der Waals surface area contributed by atoms with Crippen molar-refractivity contribution in [3.8, 4) is 0 Å². The van der Waals surface area contributed by atoms with Crippen LogP contribution >= 0.6 is 0 Å². The summed E-state index contributed by atoms with van der Waals surface area (Å²) in [6.45, 7) is 3.32. The SMILES string of the molecule is CC(=O)OC[C@H]1O[C@@H](n2cnc3c(N)nc(NO)nc32)[C@H](OC(C)=O)[C@@H]1OC(C)=O. The number of nitrogen functional groups attached to an aromatic ring is 1. The molecule has 0 saturated carbocycles. The Morgan fingerprint density at radius 2 is 1.83 bits per heavy atom. The fourth-order valence-electron chi connectivity index (χ4n) is 3.09. The first-order valence-corrected chi connectivity index (χ1v) is 8.74. The molecule has 0 unspecified atom stereocenters. The van der Waals surface area contributed by atoms with Gasteiger partial charge in [0.1, 0.15) is 18.2 Å². The van der Waals surface area contributed by atoms with Crippen LogP contribution in [0.3, 0.4) is 0 Å². The highest BCUT2D eigenvalue weighted by atomic mass is 16.7. The molecular weight excluding hydrogens is 404 g/mol. The minimum atomic E-state index is -1.12. The summed E-state index contributed by atoms with van der Waals surface area (Å²) < 4.78 is 22.9. The molecule has 1 aliphatic rings. The highest BCUT2D eigenvalue weighted by Gasteiger charge is 2.51. The summed E-state index contributed by atoms with van der Waals surface area (Å²) in [5, 5.41) is 9.12. The molecule has 0 aromatic carbocycles. The zero-order valence-corrected chi connectivity index (χ0v) is 16.3. The number of nitrogens with one attached hydrogen (secondary N) is 1. The van der Waals surface area contributed by atoms with Gasteiger partial charge in [0.2, 0.25) is 0 Å². The van der Waals surface area contributed by atoms with E-state index in [0.717, 1.165) is 0 Å². The van der Waals surface area contributed by atoms with Crippen molar-refractivity contribution < 1.29 is 38.5 Å². The number of imidazole rings is 1. The third-order valence-electron chi connectivity index (χ3n) is 4.16. The number of esters is 3. The number of rotatable bonds is 6. The summed E-state index contributed by atoms with van der Waals surface area (Å²) in [4.78, 5) is 46.6. The van der Waals surface area contributed by atoms with Crippen LogP contribution in [-0.4, -0.2) is 67.6 Å². The van der Waals surface area contributed by atoms with E-state index in [1.807, 2.05) is 0 Å². The molecule has 2 aromatic heterocycles. The normalized spacial score (nSPS) is 23.2. The fraction of sp³-hybridized carbons (Fsp3) is 0.500. The molecular formula is C16H20N6O8. The van der Waals surface area contributed by atoms with Gasteiger partial charge in [0.15, 0.2) is 29.9 Å². The Balaban J connectivity index is 2.05. The van der Waals surface area contributed by atoms with E-state index in [2.05, 4.69) is 15.0 Å². The van der Waals surface area contributed by atoms with Crippen molar-refractivity contribution in [1.82, 2.24) is 19.5 Å². The first kappa shape index (κ1) is 21.2. The van der Waals surface area contributed by atoms with Crippen LogP contribution in [0.1, 0.15) is 27.0 Å². The lowest BCUT2D eigenvalue weighted by atomic mass is 10.1. The Morgan fingerprint density at radius 3 is 2.43 bits per heavy atom. The lowest BCUT2D eigenvalue weighted by Crippen LogP contribution is -2.40. The van der Waals surface area contributed by atoms with Crippen LogP contribution in [0, 0.1) is 0 Å². The smallest absolute Gasteiger partial charge is 0.303 e. The second-order valence-corrected chi connectivity index (χ2v) is 6.38. The van der Waals surface area contributed by atoms with Gasteiger partial charge < -0.3 is 24.7 Å². The molecule has 0 radical (unpaired) electrons. The molecule has 2 aromatic rings. The Bertz CT molecular complexity index is 978. The van der Waals surface area contributed by atoms with Crippen molar-refractivity contribution in [3.05, 3.63) is 6.33 Å². The molecule has 0 amide bonds. The van der Waals surface area contributed by atoms with Gasteiger partial charge in [0.05, 0.1) is 6.33 Å². The second-order valence-electron chi connectivity index (χ2n) is 6.38. The number of ether oxygens (including phenoxy) is 4. The van der Waals surface area contributed by atoms with E-state index in [0.29, 0.717) is 0 Å². The van der Waals surface area contributed by atoms with E-state index < -0.39 is 42.4 Å². The fourth-order valence-corrected chi connectivity index (χ4v) is 3.09. The maximum absolute atomic E-state index is 11.7. The number of nitrogens with zero attached hydrogens (tertiary/aromatic N) is 4. The van der Waals surface area contributed by atoms with Crippen molar-refractivity contribution in [2.45, 2.75) is 45.3 Å². The number of aromatic nitrogens is 4. The summed E-state index contributed by atoms with van der Waals surface area (Å²) in [6.07, 6.45) is -2.89. The largest absolute Gasteiger partial charge is 0.463 e. The van der Waals surface area contributed by atoms with Gasteiger partial charge in [-0.1, -0.05) is 0 Å². The second kappa shape index (κ2) is 8.46. The lowest BCUT2D eigenvalue weighted by molar-refractivity contribution is -0.166. The van der Waals surface area contributed by atoms with Crippen molar-refractivity contribution in [1.29, 1.82) is 0 Å². The van der Waals surface area contributed by atoms with Crippen molar-refractivity contribution in [3.63, 3.8) is 0 Å². The standard InChI is InChI=1S/C16H20N6O8/c1-6(23)27-4-9-11(28-7(2)24)12(29-8(3)25)15(30-9)22-5-18-10-13(17)19-16(21-26)20-14(10)22/h5,9,11-12,15,26H,4H2,1-3H3,(H3,17,19,20,21)/t9-,11-,12-,15-/m1/s1. The molecule has 3 heterocycles. The van der Waals surface area contributed by atoms with Gasteiger partial charge in [0, 0.05) is 20.8 Å². The van der Waals surface area contributed by atoms with Gasteiger partial charge >= 0.3 is 17.9 Å². The molecule has 1 aliphatic heterocycles. The topological polar surface area (TPSA) is 190 Å². The number of nitrogens with two attached hydrogens (primary N) is 1. The van der Waals surface area contributed by atoms with Gasteiger partial charge in [-0.15, -0.1) is 0 Å². The lowest BCUT2D eigenvalue weighted by Gasteiger charge is -2.23. The van der Waals surface area contributed by atoms with Crippen LogP contribution in [0.15, 0.2) is 6.33 Å². The Morgan fingerprint density at radius 1 is 1.17 bits per heavy atom. The van der Waals surface area contributed by atoms with Crippen LogP contribution in [-0.2, 0) is 33.3 Å². The molecule has 14 heteroatoms. The molecule has 4 atom stereocenters. The number of anilines is 2. The van der Waals surface area contributed by atoms with Gasteiger partial charge in [-0.25, -0.2) is 10.5 Å². The predicted molar refractivity (Wildman–Crippen MR) is 96.8 cm³/mol. The van der Waals surface area contributed by atoms with Gasteiger partial charge in [-0.2, -0.15) is 9.97 Å². The van der Waals surface area contributed by atoms with E-state index in [-0.39, 0.29) is 29.5 Å². The number of carbonyl (C=O) groups is 3. The number of hydrogen-bond donors (Lipinski definition) is 3. The van der Waals surface area contributed by atoms with Crippen LogP contribution in [0.2, 0.25) is 0 Å². The molecule has 30 heavy (non-hydrogen) atoms. The average molecular weight is 424 g/mol. The van der Waals surface area contributed by atoms with Crippen molar-refractivity contribution >= 4 is 40.8 Å². The zero-order valence-electron chi connectivity index (χ0n) is 16.3. The number of fused-ring (bicyclic) bond motifs is 1. The summed E-state index contributed by atoms with van der Waals surface area (Å²) in [5.41, 5.74) is 7.97. The third kappa shape index (κ3) is 4.23. The summed E-state index contributed by atoms with van der Waals surface area (Å²) in [6, 6.07) is 0. The molecule has 1 fully saturated rings. The van der Waals surface area contributed by atoms with E-state index in [4.69, 9.17) is 29.9 Å². The third-order valence-corrected chi connectivity index (χ3v) is 4.16. The van der Waals surface area contributed by atoms with Gasteiger partial charge in [0.25, 0.3) is 5.95 Å². The van der Waals surface area contributed by atoms with E-state index in [9.17, 15) is 14.4 Å². The van der Waals surface area contributed by atoms with E-state index >= 15 is 0 Å². The highest BCUT2D eigenvalue weighted by molar-refractivity contribution is 5.83. The molecule has 0 bridgehead atoms. The Hall–Kier alpha value is -3.52. The van der Waals surface area contributed by atoms with Crippen LogP contribution in [0.25, 0.3) is 11.2 Å². The van der Waals surface area contributed by atoms with E-state index in [1.54, 1.807) is 5.48 Å². The van der Waals surface area contributed by atoms with Gasteiger partial charge in [-0.05, 0) is 0 Å². The minimum absolute atomic E-state index is 0.0228. The van der Waals surface area contributed by atoms with Crippen molar-refractivity contribution in [2.24, 2.45) is 0 Å². The molecule has 1 saturated heterocycles. The molecule has 3 rings (SSSR count). The molecule has 0 aliphatic carbocycles. The summed E-state index contributed by atoms with van der Waals surface area (Å²) >= 11 is 0. The molecule has 4 N–H and O–H groups in total. The Kier molecular flexibility index (Phi) is 5.98. The highest BCUT2D eigenvalue weighted by Crippen LogP contribution is 2.36. The maximum atomic E-state index is 11.7. The van der Waals surface area contributed by atoms with Crippen LogP contribution in [0.5, 0.6) is 0 Å². The van der Waals surface area contributed by atoms with Crippen LogP contribution in [0.4, 0.5) is 11.8 Å². The van der Waals surface area contributed by atoms with Gasteiger partial charge in [-0.3, -0.25) is 24.2 Å². The molecule has 162 valence electrons. The first-order valence-electron chi connectivity index (χ1n) is 8.74. The predicted octanol–water partition coefficient (Wildman–Crippen LogP) is -0.466. The summed E-state index contributed by atoms with van der Waals surface area (Å²) in [5.74, 6) is -2.10. The Labute approximate surface area is 169 Å². The van der Waals surface area contributed by atoms with E-state index in [1.165, 1.54) is 31.7 Å². The molecule has 14 nitrogen and oxygen atoms in total. The maximum Gasteiger partial charge on any atom is 0.303 e. The molecule has 0 spiro atoms. The summed E-state index contributed by atoms with van der Waals surface area (Å²) in [7, 11) is 0.